The summed E-state index contributed by atoms with van der Waals surface area (Å²) in [6, 6.07) is 5.21. The normalized spacial score (nSPS) is 22.8. The molecule has 1 aliphatic carbocycles. The average Bonchev–Trinajstić information content (AvgIpc) is 2.93. The van der Waals surface area contributed by atoms with Crippen molar-refractivity contribution in [3.63, 3.8) is 0 Å². The number of aliphatic hydroxyl groups excluding tert-OH is 1. The Morgan fingerprint density at radius 1 is 1.17 bits per heavy atom. The highest BCUT2D eigenvalue weighted by Gasteiger charge is 2.43. The molecular weight excluding hydrogens is 441 g/mol. The summed E-state index contributed by atoms with van der Waals surface area (Å²) in [5, 5.41) is 10.3. The molecule has 1 unspecified atom stereocenters. The quantitative estimate of drug-likeness (QED) is 0.624. The Balaban J connectivity index is 0.000000537. The highest BCUT2D eigenvalue weighted by Crippen LogP contribution is 2.39. The van der Waals surface area contributed by atoms with Gasteiger partial charge in [-0.15, -0.1) is 0 Å². The second kappa shape index (κ2) is 10.8. The second-order valence-corrected chi connectivity index (χ2v) is 9.72. The molecule has 7 nitrogen and oxygen atoms in total. The Kier molecular flexibility index (Phi) is 9.03. The third-order valence-electron chi connectivity index (χ3n) is 5.05. The van der Waals surface area contributed by atoms with Gasteiger partial charge in [0.1, 0.15) is 6.10 Å². The Morgan fingerprint density at radius 3 is 2.34 bits per heavy atom. The van der Waals surface area contributed by atoms with Crippen LogP contribution in [0.2, 0.25) is 10.0 Å². The zero-order valence-electron chi connectivity index (χ0n) is 16.3. The molecule has 164 valence electrons. The molecule has 1 amide bonds. The summed E-state index contributed by atoms with van der Waals surface area (Å²) in [6.07, 6.45) is 6.52. The second-order valence-electron chi connectivity index (χ2n) is 7.44. The molecule has 2 aliphatic rings. The SMILES string of the molecule is CS(=O)(=O)O.O=C1O[C@H](CCO)C(c2ccc(Cl)c(Cl)c2)N1CC1CCCCC1. The molecular formula is C19H27Cl2NO6S. The van der Waals surface area contributed by atoms with E-state index in [1.165, 1.54) is 19.3 Å². The number of halogens is 2. The van der Waals surface area contributed by atoms with Crippen molar-refractivity contribution in [2.24, 2.45) is 5.92 Å². The van der Waals surface area contributed by atoms with Crippen molar-refractivity contribution in [3.8, 4) is 0 Å². The van der Waals surface area contributed by atoms with Crippen LogP contribution in [0.25, 0.3) is 0 Å². The van der Waals surface area contributed by atoms with E-state index in [4.69, 9.17) is 32.5 Å². The standard InChI is InChI=1S/C18H23Cl2NO3.CH4O3S/c19-14-7-6-13(10-15(14)20)17-16(8-9-22)24-18(23)21(17)11-12-4-2-1-3-5-12;1-5(2,3)4/h6-7,10,12,16-17,22H,1-5,8-9,11H2;1H3,(H,2,3,4)/t16-,17?;/m1./s1. The molecule has 1 aromatic carbocycles. The predicted molar refractivity (Wildman–Crippen MR) is 112 cm³/mol. The van der Waals surface area contributed by atoms with Crippen LogP contribution in [0.1, 0.15) is 50.1 Å². The van der Waals surface area contributed by atoms with E-state index in [9.17, 15) is 18.3 Å². The van der Waals surface area contributed by atoms with Gasteiger partial charge in [0.05, 0.1) is 22.3 Å². The van der Waals surface area contributed by atoms with Crippen molar-refractivity contribution in [2.75, 3.05) is 19.4 Å². The van der Waals surface area contributed by atoms with Crippen LogP contribution in [0.4, 0.5) is 4.79 Å². The number of ether oxygens (including phenoxy) is 1. The molecule has 0 radical (unpaired) electrons. The van der Waals surface area contributed by atoms with Crippen LogP contribution in [0.3, 0.4) is 0 Å². The lowest BCUT2D eigenvalue weighted by atomic mass is 9.88. The van der Waals surface area contributed by atoms with Crippen LogP contribution in [-0.2, 0) is 14.9 Å². The minimum atomic E-state index is -3.67. The number of amides is 1. The number of carbonyl (C=O) groups is 1. The maximum absolute atomic E-state index is 12.4. The number of benzene rings is 1. The largest absolute Gasteiger partial charge is 0.443 e. The van der Waals surface area contributed by atoms with Crippen LogP contribution in [-0.4, -0.2) is 54.6 Å². The Labute approximate surface area is 181 Å². The number of aliphatic hydroxyl groups is 1. The van der Waals surface area contributed by atoms with Crippen molar-refractivity contribution in [3.05, 3.63) is 33.8 Å². The lowest BCUT2D eigenvalue weighted by Crippen LogP contribution is -2.35. The maximum atomic E-state index is 12.4. The van der Waals surface area contributed by atoms with E-state index < -0.39 is 10.1 Å². The van der Waals surface area contributed by atoms with E-state index in [1.54, 1.807) is 12.1 Å². The van der Waals surface area contributed by atoms with E-state index in [0.717, 1.165) is 18.4 Å². The zero-order valence-corrected chi connectivity index (χ0v) is 18.6. The smallest absolute Gasteiger partial charge is 0.410 e. The van der Waals surface area contributed by atoms with E-state index in [-0.39, 0.29) is 24.8 Å². The molecule has 29 heavy (non-hydrogen) atoms. The molecule has 2 atom stereocenters. The molecule has 1 aromatic rings. The van der Waals surface area contributed by atoms with E-state index >= 15 is 0 Å². The van der Waals surface area contributed by atoms with Gasteiger partial charge in [0.2, 0.25) is 0 Å². The van der Waals surface area contributed by atoms with Gasteiger partial charge in [-0.1, -0.05) is 48.5 Å². The fourth-order valence-electron chi connectivity index (χ4n) is 3.85. The lowest BCUT2D eigenvalue weighted by molar-refractivity contribution is 0.110. The summed E-state index contributed by atoms with van der Waals surface area (Å²) in [5.41, 5.74) is 0.907. The van der Waals surface area contributed by atoms with Crippen LogP contribution in [0.5, 0.6) is 0 Å². The molecule has 0 aromatic heterocycles. The van der Waals surface area contributed by atoms with Gasteiger partial charge in [-0.3, -0.25) is 9.45 Å². The average molecular weight is 468 g/mol. The first-order valence-electron chi connectivity index (χ1n) is 9.55. The van der Waals surface area contributed by atoms with Gasteiger partial charge in [-0.2, -0.15) is 8.42 Å². The van der Waals surface area contributed by atoms with Gasteiger partial charge in [-0.05, 0) is 36.5 Å². The van der Waals surface area contributed by atoms with Crippen LogP contribution in [0, 0.1) is 5.92 Å². The number of rotatable bonds is 5. The maximum Gasteiger partial charge on any atom is 0.410 e. The summed E-state index contributed by atoms with van der Waals surface area (Å²) in [5.74, 6) is 0.518. The molecule has 1 heterocycles. The summed E-state index contributed by atoms with van der Waals surface area (Å²) < 4.78 is 31.4. The van der Waals surface area contributed by atoms with Gasteiger partial charge >= 0.3 is 6.09 Å². The van der Waals surface area contributed by atoms with Gasteiger partial charge in [0, 0.05) is 19.6 Å². The van der Waals surface area contributed by atoms with Crippen molar-refractivity contribution >= 4 is 39.4 Å². The van der Waals surface area contributed by atoms with Crippen LogP contribution < -0.4 is 0 Å². The molecule has 1 saturated carbocycles. The molecule has 2 N–H and O–H groups in total. The number of carbonyl (C=O) groups excluding carboxylic acids is 1. The minimum absolute atomic E-state index is 0.0208. The fourth-order valence-corrected chi connectivity index (χ4v) is 4.15. The van der Waals surface area contributed by atoms with Gasteiger partial charge in [0.15, 0.2) is 0 Å². The van der Waals surface area contributed by atoms with Gasteiger partial charge in [-0.25, -0.2) is 4.79 Å². The van der Waals surface area contributed by atoms with E-state index in [2.05, 4.69) is 0 Å². The third kappa shape index (κ3) is 7.61. The van der Waals surface area contributed by atoms with Crippen molar-refractivity contribution in [1.29, 1.82) is 0 Å². The number of hydrogen-bond acceptors (Lipinski definition) is 5. The van der Waals surface area contributed by atoms with Crippen LogP contribution in [0.15, 0.2) is 18.2 Å². The number of nitrogens with zero attached hydrogens (tertiary/aromatic N) is 1. The predicted octanol–water partition coefficient (Wildman–Crippen LogP) is 4.32. The lowest BCUT2D eigenvalue weighted by Gasteiger charge is -2.30. The third-order valence-corrected chi connectivity index (χ3v) is 5.79. The molecule has 10 heteroatoms. The summed E-state index contributed by atoms with van der Waals surface area (Å²) in [7, 11) is -3.67. The zero-order chi connectivity index (χ0) is 21.6. The van der Waals surface area contributed by atoms with Crippen molar-refractivity contribution < 1.29 is 27.6 Å². The molecule has 1 aliphatic heterocycles. The number of cyclic esters (lactones) is 1. The summed E-state index contributed by atoms with van der Waals surface area (Å²) >= 11 is 12.2. The van der Waals surface area contributed by atoms with Gasteiger partial charge < -0.3 is 9.84 Å². The van der Waals surface area contributed by atoms with Crippen LogP contribution >= 0.6 is 23.2 Å². The summed E-state index contributed by atoms with van der Waals surface area (Å²) in [4.78, 5) is 14.2. The highest BCUT2D eigenvalue weighted by molar-refractivity contribution is 7.85. The van der Waals surface area contributed by atoms with E-state index in [0.29, 0.717) is 35.2 Å². The molecule has 0 spiro atoms. The van der Waals surface area contributed by atoms with Crippen molar-refractivity contribution in [1.82, 2.24) is 4.90 Å². The first kappa shape index (κ1) is 24.2. The first-order chi connectivity index (χ1) is 13.6. The first-order valence-corrected chi connectivity index (χ1v) is 12.2. The minimum Gasteiger partial charge on any atom is -0.443 e. The van der Waals surface area contributed by atoms with Gasteiger partial charge in [0.25, 0.3) is 10.1 Å². The highest BCUT2D eigenvalue weighted by atomic mass is 35.5. The molecule has 3 rings (SSSR count). The topological polar surface area (TPSA) is 104 Å². The molecule has 2 fully saturated rings. The molecule has 0 bridgehead atoms. The van der Waals surface area contributed by atoms with E-state index in [1.807, 2.05) is 11.0 Å². The Hall–Kier alpha value is -1.06. The summed E-state index contributed by atoms with van der Waals surface area (Å²) in [6.45, 7) is 0.679. The van der Waals surface area contributed by atoms with Crippen molar-refractivity contribution in [2.45, 2.75) is 50.7 Å². The molecule has 1 saturated heterocycles. The Bertz CT molecular complexity index is 790. The fraction of sp³-hybridized carbons (Fsp3) is 0.632. The monoisotopic (exact) mass is 467 g/mol. The Morgan fingerprint density at radius 2 is 1.79 bits per heavy atom. The number of hydrogen-bond donors (Lipinski definition) is 2.